The molecule has 1 unspecified atom stereocenters. The lowest BCUT2D eigenvalue weighted by molar-refractivity contribution is 0.465. The van der Waals surface area contributed by atoms with E-state index in [1.165, 1.54) is 0 Å². The minimum atomic E-state index is -0.621. The van der Waals surface area contributed by atoms with Gasteiger partial charge in [0.05, 0.1) is 16.8 Å². The molecule has 1 atom stereocenters. The van der Waals surface area contributed by atoms with E-state index in [4.69, 9.17) is 9.41 Å². The Morgan fingerprint density at radius 3 is 2.63 bits per heavy atom. The van der Waals surface area contributed by atoms with Gasteiger partial charge in [-0.2, -0.15) is 0 Å². The SMILES string of the molecule is O=c1oc2ccccc2c(O)c1C1=Nc2ccccc2SC(c2cccc(O)c2)C1. The van der Waals surface area contributed by atoms with Crippen molar-refractivity contribution in [3.63, 3.8) is 0 Å². The number of nitrogens with zero attached hydrogens (tertiary/aromatic N) is 1. The minimum absolute atomic E-state index is 0.0798. The van der Waals surface area contributed by atoms with Crippen molar-refractivity contribution in [2.24, 2.45) is 4.99 Å². The van der Waals surface area contributed by atoms with Crippen LogP contribution in [0, 0.1) is 0 Å². The summed E-state index contributed by atoms with van der Waals surface area (Å²) in [7, 11) is 0. The summed E-state index contributed by atoms with van der Waals surface area (Å²) in [6.07, 6.45) is 0.388. The highest BCUT2D eigenvalue weighted by Crippen LogP contribution is 2.46. The third kappa shape index (κ3) is 3.25. The Balaban J connectivity index is 1.72. The maximum Gasteiger partial charge on any atom is 0.349 e. The number of phenolic OH excluding ortho intramolecular Hbond substituents is 1. The molecule has 3 aromatic carbocycles. The molecule has 0 fully saturated rings. The summed E-state index contributed by atoms with van der Waals surface area (Å²) >= 11 is 1.61. The summed E-state index contributed by atoms with van der Waals surface area (Å²) in [5.41, 5.74) is 1.89. The molecule has 5 rings (SSSR count). The standard InChI is InChI=1S/C24H17NO4S/c26-15-7-5-6-14(12-15)21-13-18(25-17-9-2-4-11-20(17)30-21)22-23(27)16-8-1-3-10-19(16)29-24(22)28/h1-12,21,26-27H,13H2. The van der Waals surface area contributed by atoms with Gasteiger partial charge in [-0.1, -0.05) is 36.4 Å². The number of hydrogen-bond donors (Lipinski definition) is 2. The number of fused-ring (bicyclic) bond motifs is 2. The van der Waals surface area contributed by atoms with Crippen LogP contribution in [-0.4, -0.2) is 15.9 Å². The van der Waals surface area contributed by atoms with E-state index < -0.39 is 5.63 Å². The monoisotopic (exact) mass is 415 g/mol. The Morgan fingerprint density at radius 1 is 0.967 bits per heavy atom. The normalized spacial score (nSPS) is 16.0. The van der Waals surface area contributed by atoms with Gasteiger partial charge < -0.3 is 14.6 Å². The molecule has 0 spiro atoms. The number of phenols is 1. The number of para-hydroxylation sites is 2. The highest BCUT2D eigenvalue weighted by atomic mass is 32.2. The van der Waals surface area contributed by atoms with Crippen LogP contribution in [0.1, 0.15) is 22.8 Å². The van der Waals surface area contributed by atoms with E-state index >= 15 is 0 Å². The molecule has 1 aromatic heterocycles. The first-order valence-electron chi connectivity index (χ1n) is 9.47. The fourth-order valence-corrected chi connectivity index (χ4v) is 4.89. The van der Waals surface area contributed by atoms with Crippen LogP contribution in [0.5, 0.6) is 11.5 Å². The van der Waals surface area contributed by atoms with Gasteiger partial charge in [0.1, 0.15) is 22.6 Å². The summed E-state index contributed by atoms with van der Waals surface area (Å²) in [5.74, 6) is 0.0526. The third-order valence-electron chi connectivity index (χ3n) is 5.08. The van der Waals surface area contributed by atoms with Gasteiger partial charge in [-0.3, -0.25) is 4.99 Å². The molecule has 6 heteroatoms. The van der Waals surface area contributed by atoms with Crippen molar-refractivity contribution >= 4 is 34.1 Å². The second-order valence-electron chi connectivity index (χ2n) is 7.04. The Kier molecular flexibility index (Phi) is 4.56. The van der Waals surface area contributed by atoms with Crippen LogP contribution in [0.15, 0.2) is 91.9 Å². The largest absolute Gasteiger partial charge is 0.508 e. The molecule has 0 saturated heterocycles. The predicted octanol–water partition coefficient (Wildman–Crippen LogP) is 5.56. The van der Waals surface area contributed by atoms with Crippen LogP contribution in [0.2, 0.25) is 0 Å². The Bertz CT molecular complexity index is 1360. The summed E-state index contributed by atoms with van der Waals surface area (Å²) in [6.45, 7) is 0. The average molecular weight is 415 g/mol. The molecule has 2 heterocycles. The van der Waals surface area contributed by atoms with Gasteiger partial charge in [-0.15, -0.1) is 11.8 Å². The molecule has 1 aliphatic heterocycles. The molecule has 0 bridgehead atoms. The number of rotatable bonds is 2. The zero-order valence-corrected chi connectivity index (χ0v) is 16.6. The average Bonchev–Trinajstić information content (AvgIpc) is 2.93. The second kappa shape index (κ2) is 7.39. The van der Waals surface area contributed by atoms with Crippen LogP contribution in [0.4, 0.5) is 5.69 Å². The molecule has 0 radical (unpaired) electrons. The van der Waals surface area contributed by atoms with E-state index in [2.05, 4.69) is 0 Å². The first kappa shape index (κ1) is 18.5. The topological polar surface area (TPSA) is 83.0 Å². The van der Waals surface area contributed by atoms with Gasteiger partial charge >= 0.3 is 5.63 Å². The van der Waals surface area contributed by atoms with Crippen molar-refractivity contribution in [1.29, 1.82) is 0 Å². The predicted molar refractivity (Wildman–Crippen MR) is 118 cm³/mol. The Morgan fingerprint density at radius 2 is 1.77 bits per heavy atom. The van der Waals surface area contributed by atoms with Gasteiger partial charge in [0.2, 0.25) is 0 Å². The van der Waals surface area contributed by atoms with E-state index in [0.29, 0.717) is 23.1 Å². The molecule has 0 aliphatic carbocycles. The van der Waals surface area contributed by atoms with Gasteiger partial charge in [-0.25, -0.2) is 4.79 Å². The van der Waals surface area contributed by atoms with Crippen LogP contribution in [0.25, 0.3) is 11.0 Å². The maximum absolute atomic E-state index is 12.8. The van der Waals surface area contributed by atoms with Crippen molar-refractivity contribution in [2.75, 3.05) is 0 Å². The van der Waals surface area contributed by atoms with E-state index in [1.54, 1.807) is 54.2 Å². The number of aliphatic imine (C=N–C) groups is 1. The molecule has 5 nitrogen and oxygen atoms in total. The fraction of sp³-hybridized carbons (Fsp3) is 0.0833. The van der Waals surface area contributed by atoms with Crippen molar-refractivity contribution in [3.8, 4) is 11.5 Å². The third-order valence-corrected chi connectivity index (χ3v) is 6.41. The Hall–Kier alpha value is -3.51. The summed E-state index contributed by atoms with van der Waals surface area (Å²) in [5, 5.41) is 21.2. The minimum Gasteiger partial charge on any atom is -0.508 e. The number of hydrogen-bond acceptors (Lipinski definition) is 6. The summed E-state index contributed by atoms with van der Waals surface area (Å²) < 4.78 is 5.47. The van der Waals surface area contributed by atoms with Gasteiger partial charge in [0, 0.05) is 16.6 Å². The van der Waals surface area contributed by atoms with Crippen LogP contribution < -0.4 is 5.63 Å². The molecule has 1 aliphatic rings. The van der Waals surface area contributed by atoms with Crippen molar-refractivity contribution in [3.05, 3.63) is 94.3 Å². The molecule has 2 N–H and O–H groups in total. The van der Waals surface area contributed by atoms with Gasteiger partial charge in [-0.05, 0) is 42.0 Å². The van der Waals surface area contributed by atoms with Crippen LogP contribution in [0.3, 0.4) is 0 Å². The molecule has 148 valence electrons. The molecule has 4 aromatic rings. The molecular weight excluding hydrogens is 398 g/mol. The van der Waals surface area contributed by atoms with Crippen molar-refractivity contribution in [2.45, 2.75) is 16.6 Å². The summed E-state index contributed by atoms with van der Waals surface area (Å²) in [6, 6.07) is 21.6. The highest BCUT2D eigenvalue weighted by Gasteiger charge is 2.27. The quantitative estimate of drug-likeness (QED) is 0.419. The summed E-state index contributed by atoms with van der Waals surface area (Å²) in [4.78, 5) is 18.5. The van der Waals surface area contributed by atoms with Crippen molar-refractivity contribution in [1.82, 2.24) is 0 Å². The van der Waals surface area contributed by atoms with Crippen LogP contribution in [-0.2, 0) is 0 Å². The van der Waals surface area contributed by atoms with E-state index in [-0.39, 0.29) is 22.3 Å². The first-order chi connectivity index (χ1) is 14.6. The molecule has 0 amide bonds. The van der Waals surface area contributed by atoms with E-state index in [0.717, 1.165) is 16.1 Å². The second-order valence-corrected chi connectivity index (χ2v) is 8.29. The van der Waals surface area contributed by atoms with Crippen LogP contribution >= 0.6 is 11.8 Å². The maximum atomic E-state index is 12.8. The lowest BCUT2D eigenvalue weighted by atomic mass is 10.0. The zero-order valence-electron chi connectivity index (χ0n) is 15.8. The fourth-order valence-electron chi connectivity index (χ4n) is 3.67. The molecule has 0 saturated carbocycles. The highest BCUT2D eigenvalue weighted by molar-refractivity contribution is 7.99. The number of benzene rings is 3. The van der Waals surface area contributed by atoms with E-state index in [1.807, 2.05) is 30.3 Å². The number of aromatic hydroxyl groups is 2. The smallest absolute Gasteiger partial charge is 0.349 e. The van der Waals surface area contributed by atoms with Gasteiger partial charge in [0.15, 0.2) is 0 Å². The Labute approximate surface area is 176 Å². The lowest BCUT2D eigenvalue weighted by Gasteiger charge is -2.16. The van der Waals surface area contributed by atoms with Crippen molar-refractivity contribution < 1.29 is 14.6 Å². The van der Waals surface area contributed by atoms with Gasteiger partial charge in [0.25, 0.3) is 0 Å². The first-order valence-corrected chi connectivity index (χ1v) is 10.4. The zero-order chi connectivity index (χ0) is 20.7. The molecular formula is C24H17NO4S. The number of thioether (sulfide) groups is 1. The lowest BCUT2D eigenvalue weighted by Crippen LogP contribution is -2.16. The molecule has 30 heavy (non-hydrogen) atoms. The van der Waals surface area contributed by atoms with E-state index in [9.17, 15) is 15.0 Å².